The Kier molecular flexibility index (Phi) is 4.14. The first kappa shape index (κ1) is 16.6. The van der Waals surface area contributed by atoms with Crippen molar-refractivity contribution in [2.24, 2.45) is 0 Å². The summed E-state index contributed by atoms with van der Waals surface area (Å²) in [6.07, 6.45) is 1.46. The van der Waals surface area contributed by atoms with Gasteiger partial charge in [0, 0.05) is 5.02 Å². The fourth-order valence-corrected chi connectivity index (χ4v) is 3.13. The first-order valence-corrected chi connectivity index (χ1v) is 8.39. The average molecular weight is 388 g/mol. The van der Waals surface area contributed by atoms with Crippen LogP contribution in [0.4, 0.5) is 4.39 Å². The summed E-state index contributed by atoms with van der Waals surface area (Å²) in [5.74, 6) is -0.257. The molecule has 0 aliphatic carbocycles. The van der Waals surface area contributed by atoms with Crippen LogP contribution >= 0.6 is 23.8 Å². The molecule has 2 aromatic carbocycles. The molecule has 2 heterocycles. The van der Waals surface area contributed by atoms with Crippen molar-refractivity contribution in [2.75, 3.05) is 0 Å². The molecule has 0 fully saturated rings. The molecule has 2 aromatic heterocycles. The Balaban J connectivity index is 1.76. The lowest BCUT2D eigenvalue weighted by Gasteiger charge is -2.05. The quantitative estimate of drug-likeness (QED) is 0.546. The molecule has 0 saturated carbocycles. The van der Waals surface area contributed by atoms with E-state index in [-0.39, 0.29) is 22.8 Å². The Morgan fingerprint density at radius 3 is 2.85 bits per heavy atom. The molecule has 4 rings (SSSR count). The van der Waals surface area contributed by atoms with Crippen molar-refractivity contribution in [3.8, 4) is 5.95 Å². The predicted octanol–water partition coefficient (Wildman–Crippen LogP) is 3.48. The van der Waals surface area contributed by atoms with Crippen molar-refractivity contribution in [1.82, 2.24) is 24.3 Å². The predicted molar refractivity (Wildman–Crippen MR) is 98.8 cm³/mol. The van der Waals surface area contributed by atoms with Crippen molar-refractivity contribution in [3.63, 3.8) is 0 Å². The number of nitrogens with zero attached hydrogens (tertiary/aromatic N) is 4. The van der Waals surface area contributed by atoms with Gasteiger partial charge in [-0.05, 0) is 42.0 Å². The van der Waals surface area contributed by atoms with E-state index in [1.54, 1.807) is 24.3 Å². The second-order valence-corrected chi connectivity index (χ2v) is 6.39. The minimum Gasteiger partial charge on any atom is -0.331 e. The summed E-state index contributed by atoms with van der Waals surface area (Å²) in [5, 5.41) is 5.08. The summed E-state index contributed by atoms with van der Waals surface area (Å²) in [6, 6.07) is 11.2. The number of hydrogen-bond donors (Lipinski definition) is 1. The number of benzene rings is 2. The normalized spacial score (nSPS) is 11.2. The summed E-state index contributed by atoms with van der Waals surface area (Å²) >= 11 is 11.3. The minimum atomic E-state index is -0.410. The highest BCUT2D eigenvalue weighted by Crippen LogP contribution is 2.18. The van der Waals surface area contributed by atoms with Gasteiger partial charge in [-0.2, -0.15) is 4.98 Å². The molecule has 6 nitrogen and oxygen atoms in total. The van der Waals surface area contributed by atoms with E-state index < -0.39 is 5.82 Å². The lowest BCUT2D eigenvalue weighted by Crippen LogP contribution is -2.21. The van der Waals surface area contributed by atoms with E-state index in [1.165, 1.54) is 27.7 Å². The summed E-state index contributed by atoms with van der Waals surface area (Å²) < 4.78 is 16.1. The number of rotatable bonds is 3. The van der Waals surface area contributed by atoms with Crippen LogP contribution in [0, 0.1) is 10.6 Å². The van der Waals surface area contributed by atoms with Gasteiger partial charge >= 0.3 is 0 Å². The number of nitrogens with one attached hydrogen (secondary N) is 1. The maximum Gasteiger partial charge on any atom is 0.269 e. The number of aromatic amines is 1. The van der Waals surface area contributed by atoms with Gasteiger partial charge in [-0.25, -0.2) is 13.6 Å². The number of halogens is 2. The van der Waals surface area contributed by atoms with Crippen LogP contribution in [0.5, 0.6) is 0 Å². The monoisotopic (exact) mass is 387 g/mol. The standard InChI is InChI=1S/C17H11ClFN5OS/c18-13-7-11(19)6-5-10(13)8-23-9-20-16(22-23)24-15(25)12-3-1-2-4-14(12)21-17(24)26/h1-7,9H,8H2,(H,21,26). The molecular formula is C17H11ClFN5OS. The highest BCUT2D eigenvalue weighted by molar-refractivity contribution is 7.71. The Hall–Kier alpha value is -2.84. The van der Waals surface area contributed by atoms with Crippen molar-refractivity contribution in [1.29, 1.82) is 0 Å². The largest absolute Gasteiger partial charge is 0.331 e. The third-order valence-corrected chi connectivity index (χ3v) is 4.51. The Morgan fingerprint density at radius 2 is 2.04 bits per heavy atom. The van der Waals surface area contributed by atoms with Gasteiger partial charge in [0.2, 0.25) is 0 Å². The summed E-state index contributed by atoms with van der Waals surface area (Å²) in [4.78, 5) is 19.9. The summed E-state index contributed by atoms with van der Waals surface area (Å²) in [6.45, 7) is 0.283. The fourth-order valence-electron chi connectivity index (χ4n) is 2.63. The summed E-state index contributed by atoms with van der Waals surface area (Å²) in [7, 11) is 0. The number of aromatic nitrogens is 5. The maximum absolute atomic E-state index is 13.2. The van der Waals surface area contributed by atoms with Crippen LogP contribution in [0.2, 0.25) is 5.02 Å². The Bertz CT molecular complexity index is 1250. The minimum absolute atomic E-state index is 0.153. The van der Waals surface area contributed by atoms with E-state index in [9.17, 15) is 9.18 Å². The topological polar surface area (TPSA) is 68.5 Å². The van der Waals surface area contributed by atoms with Gasteiger partial charge in [0.05, 0.1) is 17.4 Å². The molecule has 0 unspecified atom stereocenters. The molecular weight excluding hydrogens is 377 g/mol. The smallest absolute Gasteiger partial charge is 0.269 e. The SMILES string of the molecule is O=c1c2ccccc2[nH]c(=S)n1-c1ncn(Cc2ccc(F)cc2Cl)n1. The molecule has 0 spiro atoms. The first-order valence-electron chi connectivity index (χ1n) is 7.61. The number of fused-ring (bicyclic) bond motifs is 1. The average Bonchev–Trinajstić information content (AvgIpc) is 3.05. The van der Waals surface area contributed by atoms with E-state index in [4.69, 9.17) is 23.8 Å². The van der Waals surface area contributed by atoms with Gasteiger partial charge in [0.1, 0.15) is 12.1 Å². The molecule has 0 amide bonds. The fraction of sp³-hybridized carbons (Fsp3) is 0.0588. The van der Waals surface area contributed by atoms with E-state index in [0.29, 0.717) is 21.5 Å². The molecule has 4 aromatic rings. The van der Waals surface area contributed by atoms with Crippen LogP contribution in [0.3, 0.4) is 0 Å². The highest BCUT2D eigenvalue weighted by atomic mass is 35.5. The van der Waals surface area contributed by atoms with Gasteiger partial charge in [-0.3, -0.25) is 4.79 Å². The second kappa shape index (κ2) is 6.47. The maximum atomic E-state index is 13.2. The molecule has 9 heteroatoms. The molecule has 0 radical (unpaired) electrons. The zero-order valence-electron chi connectivity index (χ0n) is 13.2. The molecule has 0 aliphatic rings. The van der Waals surface area contributed by atoms with Crippen LogP contribution < -0.4 is 5.56 Å². The van der Waals surface area contributed by atoms with E-state index in [0.717, 1.165) is 0 Å². The summed E-state index contributed by atoms with van der Waals surface area (Å²) in [5.41, 5.74) is 1.03. The molecule has 0 atom stereocenters. The number of para-hydroxylation sites is 1. The molecule has 130 valence electrons. The van der Waals surface area contributed by atoms with Crippen LogP contribution in [-0.2, 0) is 6.54 Å². The van der Waals surface area contributed by atoms with Gasteiger partial charge in [-0.15, -0.1) is 5.10 Å². The van der Waals surface area contributed by atoms with E-state index in [1.807, 2.05) is 6.07 Å². The van der Waals surface area contributed by atoms with Crippen LogP contribution in [-0.4, -0.2) is 24.3 Å². The van der Waals surface area contributed by atoms with Crippen molar-refractivity contribution < 1.29 is 4.39 Å². The zero-order chi connectivity index (χ0) is 18.3. The molecule has 0 saturated heterocycles. The van der Waals surface area contributed by atoms with Gasteiger partial charge in [0.15, 0.2) is 4.77 Å². The first-order chi connectivity index (χ1) is 12.5. The lowest BCUT2D eigenvalue weighted by atomic mass is 10.2. The third-order valence-electron chi connectivity index (χ3n) is 3.88. The molecule has 0 aliphatic heterocycles. The second-order valence-electron chi connectivity index (χ2n) is 5.59. The van der Waals surface area contributed by atoms with Gasteiger partial charge in [0.25, 0.3) is 11.5 Å². The third kappa shape index (κ3) is 2.93. The van der Waals surface area contributed by atoms with Crippen molar-refractivity contribution in [3.05, 3.63) is 80.3 Å². The van der Waals surface area contributed by atoms with Crippen molar-refractivity contribution >= 4 is 34.7 Å². The zero-order valence-corrected chi connectivity index (χ0v) is 14.8. The Labute approximate surface area is 156 Å². The molecule has 0 bridgehead atoms. The molecule has 26 heavy (non-hydrogen) atoms. The Morgan fingerprint density at radius 1 is 1.23 bits per heavy atom. The molecule has 1 N–H and O–H groups in total. The highest BCUT2D eigenvalue weighted by Gasteiger charge is 2.12. The van der Waals surface area contributed by atoms with E-state index >= 15 is 0 Å². The van der Waals surface area contributed by atoms with Crippen LogP contribution in [0.15, 0.2) is 53.6 Å². The number of H-pyrrole nitrogens is 1. The van der Waals surface area contributed by atoms with Gasteiger partial charge in [-0.1, -0.05) is 29.8 Å². The van der Waals surface area contributed by atoms with Crippen molar-refractivity contribution in [2.45, 2.75) is 6.54 Å². The lowest BCUT2D eigenvalue weighted by molar-refractivity contribution is 0.624. The van der Waals surface area contributed by atoms with Gasteiger partial charge < -0.3 is 4.98 Å². The van der Waals surface area contributed by atoms with Crippen LogP contribution in [0.25, 0.3) is 16.9 Å². The van der Waals surface area contributed by atoms with Crippen LogP contribution in [0.1, 0.15) is 5.56 Å². The van der Waals surface area contributed by atoms with E-state index in [2.05, 4.69) is 15.1 Å². The number of hydrogen-bond acceptors (Lipinski definition) is 4.